The van der Waals surface area contributed by atoms with Gasteiger partial charge in [0, 0.05) is 5.75 Å². The number of nitrogen functional groups attached to an aromatic ring is 1. The lowest BCUT2D eigenvalue weighted by Gasteiger charge is -2.07. The maximum absolute atomic E-state index is 11.0. The van der Waals surface area contributed by atoms with Crippen LogP contribution < -0.4 is 10.5 Å². The number of carboxylic acids is 1. The first-order valence-corrected chi connectivity index (χ1v) is 7.14. The highest BCUT2D eigenvalue weighted by molar-refractivity contribution is 8.01. The van der Waals surface area contributed by atoms with Gasteiger partial charge in [-0.05, 0) is 12.1 Å². The molecule has 1 heterocycles. The number of hydrogen-bond acceptors (Lipinski definition) is 7. The fourth-order valence-corrected chi connectivity index (χ4v) is 2.85. The van der Waals surface area contributed by atoms with E-state index in [1.165, 1.54) is 29.2 Å². The van der Waals surface area contributed by atoms with Crippen LogP contribution in [0.5, 0.6) is 5.75 Å². The fraction of sp³-hybridized carbons (Fsp3) is 0.182. The van der Waals surface area contributed by atoms with Crippen LogP contribution >= 0.6 is 23.1 Å². The summed E-state index contributed by atoms with van der Waals surface area (Å²) in [6.45, 7) is 0.383. The molecule has 1 aromatic carbocycles. The zero-order valence-corrected chi connectivity index (χ0v) is 11.4. The number of anilines is 1. The number of hydrogen-bond donors (Lipinski definition) is 2. The molecule has 0 saturated carbocycles. The summed E-state index contributed by atoms with van der Waals surface area (Å²) in [6.07, 6.45) is 0. The molecule has 6 nitrogen and oxygen atoms in total. The van der Waals surface area contributed by atoms with Crippen molar-refractivity contribution in [2.75, 3.05) is 18.1 Å². The maximum atomic E-state index is 11.0. The average Bonchev–Trinajstić information content (AvgIpc) is 2.81. The summed E-state index contributed by atoms with van der Waals surface area (Å²) < 4.78 is 6.22. The summed E-state index contributed by atoms with van der Waals surface area (Å²) in [5.41, 5.74) is 5.62. The number of carboxylic acid groups (broad SMARTS) is 1. The Morgan fingerprint density at radius 3 is 2.89 bits per heavy atom. The lowest BCUT2D eigenvalue weighted by atomic mass is 10.2. The molecule has 0 radical (unpaired) electrons. The fourth-order valence-electron chi connectivity index (χ4n) is 1.33. The third-order valence-electron chi connectivity index (χ3n) is 2.11. The van der Waals surface area contributed by atoms with Crippen LogP contribution in [0.4, 0.5) is 5.13 Å². The van der Waals surface area contributed by atoms with Crippen molar-refractivity contribution in [3.8, 4) is 5.75 Å². The van der Waals surface area contributed by atoms with Gasteiger partial charge in [-0.15, -0.1) is 10.2 Å². The zero-order chi connectivity index (χ0) is 13.7. The minimum Gasteiger partial charge on any atom is -0.492 e. The van der Waals surface area contributed by atoms with Crippen molar-refractivity contribution in [3.05, 3.63) is 29.8 Å². The second-order valence-electron chi connectivity index (χ2n) is 3.40. The molecule has 3 N–H and O–H groups in total. The maximum Gasteiger partial charge on any atom is 0.339 e. The predicted octanol–water partition coefficient (Wildman–Crippen LogP) is 1.99. The molecular weight excluding hydrogens is 286 g/mol. The predicted molar refractivity (Wildman–Crippen MR) is 73.9 cm³/mol. The van der Waals surface area contributed by atoms with E-state index in [-0.39, 0.29) is 5.56 Å². The van der Waals surface area contributed by atoms with Crippen LogP contribution in [0.25, 0.3) is 0 Å². The number of thioether (sulfide) groups is 1. The van der Waals surface area contributed by atoms with Gasteiger partial charge in [-0.1, -0.05) is 35.2 Å². The lowest BCUT2D eigenvalue weighted by Crippen LogP contribution is -2.05. The highest BCUT2D eigenvalue weighted by Crippen LogP contribution is 2.24. The van der Waals surface area contributed by atoms with Crippen molar-refractivity contribution in [1.82, 2.24) is 10.2 Å². The van der Waals surface area contributed by atoms with Crippen molar-refractivity contribution in [3.63, 3.8) is 0 Å². The molecule has 0 unspecified atom stereocenters. The summed E-state index contributed by atoms with van der Waals surface area (Å²) in [5.74, 6) is 0.00954. The van der Waals surface area contributed by atoms with Gasteiger partial charge in [0.1, 0.15) is 11.3 Å². The highest BCUT2D eigenvalue weighted by atomic mass is 32.2. The Morgan fingerprint density at radius 1 is 1.42 bits per heavy atom. The molecular formula is C11H11N3O3S2. The summed E-state index contributed by atoms with van der Waals surface area (Å²) in [4.78, 5) is 11.0. The number of nitrogens with two attached hydrogens (primary N) is 1. The second kappa shape index (κ2) is 6.39. The molecule has 0 aliphatic carbocycles. The highest BCUT2D eigenvalue weighted by Gasteiger charge is 2.10. The standard InChI is InChI=1S/C11H11N3O3S2/c12-10-13-14-11(19-10)18-6-5-17-8-4-2-1-3-7(8)9(15)16/h1-4H,5-6H2,(H2,12,13)(H,15,16). The van der Waals surface area contributed by atoms with Crippen LogP contribution in [0.1, 0.15) is 10.4 Å². The van der Waals surface area contributed by atoms with Gasteiger partial charge < -0.3 is 15.6 Å². The van der Waals surface area contributed by atoms with E-state index in [4.69, 9.17) is 15.6 Å². The zero-order valence-electron chi connectivity index (χ0n) is 9.78. The molecule has 0 amide bonds. The van der Waals surface area contributed by atoms with Crippen LogP contribution in [0, 0.1) is 0 Å². The van der Waals surface area contributed by atoms with E-state index >= 15 is 0 Å². The molecule has 0 fully saturated rings. The van der Waals surface area contributed by atoms with Gasteiger partial charge in [0.2, 0.25) is 5.13 Å². The van der Waals surface area contributed by atoms with Gasteiger partial charge in [-0.2, -0.15) is 0 Å². The van der Waals surface area contributed by atoms with E-state index < -0.39 is 5.97 Å². The van der Waals surface area contributed by atoms with Gasteiger partial charge in [-0.25, -0.2) is 4.79 Å². The number of nitrogens with zero attached hydrogens (tertiary/aromatic N) is 2. The monoisotopic (exact) mass is 297 g/mol. The first-order chi connectivity index (χ1) is 9.16. The van der Waals surface area contributed by atoms with Crippen molar-refractivity contribution < 1.29 is 14.6 Å². The van der Waals surface area contributed by atoms with Gasteiger partial charge in [0.15, 0.2) is 4.34 Å². The summed E-state index contributed by atoms with van der Waals surface area (Å²) in [5, 5.41) is 17.0. The van der Waals surface area contributed by atoms with E-state index in [1.807, 2.05) is 0 Å². The molecule has 0 atom stereocenters. The van der Waals surface area contributed by atoms with Crippen molar-refractivity contribution >= 4 is 34.2 Å². The Labute approximate surface area is 117 Å². The van der Waals surface area contributed by atoms with Gasteiger partial charge in [-0.3, -0.25) is 0 Å². The SMILES string of the molecule is Nc1nnc(SCCOc2ccccc2C(=O)O)s1. The smallest absolute Gasteiger partial charge is 0.339 e. The largest absolute Gasteiger partial charge is 0.492 e. The molecule has 0 aliphatic heterocycles. The molecule has 0 bridgehead atoms. The lowest BCUT2D eigenvalue weighted by molar-refractivity contribution is 0.0692. The molecule has 8 heteroatoms. The summed E-state index contributed by atoms with van der Waals surface area (Å²) >= 11 is 2.78. The molecule has 0 saturated heterocycles. The topological polar surface area (TPSA) is 98.3 Å². The van der Waals surface area contributed by atoms with Crippen molar-refractivity contribution in [1.29, 1.82) is 0 Å². The molecule has 100 valence electrons. The van der Waals surface area contributed by atoms with Gasteiger partial charge in [0.25, 0.3) is 0 Å². The van der Waals surface area contributed by atoms with Crippen LogP contribution in [0.3, 0.4) is 0 Å². The van der Waals surface area contributed by atoms with Crippen LogP contribution in [-0.4, -0.2) is 33.6 Å². The molecule has 2 aromatic rings. The molecule has 19 heavy (non-hydrogen) atoms. The Bertz CT molecular complexity index is 574. The van der Waals surface area contributed by atoms with Gasteiger partial charge in [0.05, 0.1) is 6.61 Å². The molecule has 2 rings (SSSR count). The quantitative estimate of drug-likeness (QED) is 0.621. The van der Waals surface area contributed by atoms with Crippen LogP contribution in [-0.2, 0) is 0 Å². The molecule has 1 aromatic heterocycles. The minimum absolute atomic E-state index is 0.160. The number of ether oxygens (including phenoxy) is 1. The van der Waals surface area contributed by atoms with E-state index in [1.54, 1.807) is 18.2 Å². The average molecular weight is 297 g/mol. The number of benzene rings is 1. The van der Waals surface area contributed by atoms with E-state index in [2.05, 4.69) is 10.2 Å². The number of aromatic nitrogens is 2. The van der Waals surface area contributed by atoms with E-state index in [9.17, 15) is 4.79 Å². The Hall–Kier alpha value is -1.80. The number of carbonyl (C=O) groups is 1. The number of para-hydroxylation sites is 1. The normalized spacial score (nSPS) is 10.3. The summed E-state index contributed by atoms with van der Waals surface area (Å²) in [6, 6.07) is 6.54. The minimum atomic E-state index is -1.000. The van der Waals surface area contributed by atoms with Crippen molar-refractivity contribution in [2.24, 2.45) is 0 Å². The van der Waals surface area contributed by atoms with E-state index in [0.717, 1.165) is 4.34 Å². The number of aromatic carboxylic acids is 1. The first kappa shape index (κ1) is 13.6. The van der Waals surface area contributed by atoms with Gasteiger partial charge >= 0.3 is 5.97 Å². The van der Waals surface area contributed by atoms with E-state index in [0.29, 0.717) is 23.2 Å². The first-order valence-electron chi connectivity index (χ1n) is 5.33. The second-order valence-corrected chi connectivity index (χ2v) is 5.76. The Balaban J connectivity index is 1.84. The summed E-state index contributed by atoms with van der Waals surface area (Å²) in [7, 11) is 0. The van der Waals surface area contributed by atoms with Crippen molar-refractivity contribution in [2.45, 2.75) is 4.34 Å². The van der Waals surface area contributed by atoms with Crippen LogP contribution in [0.15, 0.2) is 28.6 Å². The third-order valence-corrected chi connectivity index (χ3v) is 3.96. The molecule has 0 spiro atoms. The number of rotatable bonds is 6. The Morgan fingerprint density at radius 2 is 2.21 bits per heavy atom. The third kappa shape index (κ3) is 3.83. The molecule has 0 aliphatic rings. The Kier molecular flexibility index (Phi) is 4.58. The van der Waals surface area contributed by atoms with Crippen LogP contribution in [0.2, 0.25) is 0 Å².